The molecule has 4 N–H and O–H groups in total. The maximum absolute atomic E-state index is 10.2. The Morgan fingerprint density at radius 3 is 2.72 bits per heavy atom. The number of aliphatic hydroxyl groups is 1. The number of hydrogen-bond donors (Lipinski definition) is 3. The molecule has 0 bridgehead atoms. The van der Waals surface area contributed by atoms with Crippen molar-refractivity contribution < 1.29 is 5.11 Å². The lowest BCUT2D eigenvalue weighted by Crippen LogP contribution is -2.18. The molecule has 4 aromatic heterocycles. The molecule has 0 saturated heterocycles. The fourth-order valence-corrected chi connectivity index (χ4v) is 4.90. The highest BCUT2D eigenvalue weighted by Gasteiger charge is 2.20. The van der Waals surface area contributed by atoms with E-state index in [-0.39, 0.29) is 0 Å². The fourth-order valence-electron chi connectivity index (χ4n) is 3.83. The molecule has 0 fully saturated rings. The zero-order valence-electron chi connectivity index (χ0n) is 20.0. The van der Waals surface area contributed by atoms with E-state index in [1.54, 1.807) is 30.1 Å². The Balaban J connectivity index is 1.49. The van der Waals surface area contributed by atoms with Gasteiger partial charge in [-0.2, -0.15) is 5.10 Å². The molecule has 0 aliphatic rings. The second kappa shape index (κ2) is 9.45. The van der Waals surface area contributed by atoms with Crippen LogP contribution in [0.25, 0.3) is 32.9 Å². The van der Waals surface area contributed by atoms with Crippen LogP contribution in [-0.2, 0) is 19.1 Å². The summed E-state index contributed by atoms with van der Waals surface area (Å²) < 4.78 is 2.67. The molecule has 9 nitrogen and oxygen atoms in total. The molecule has 0 aliphatic heterocycles. The van der Waals surface area contributed by atoms with Crippen LogP contribution in [0.2, 0.25) is 5.02 Å². The van der Waals surface area contributed by atoms with Crippen molar-refractivity contribution in [3.63, 3.8) is 0 Å². The van der Waals surface area contributed by atoms with Crippen LogP contribution in [0.15, 0.2) is 48.1 Å². The van der Waals surface area contributed by atoms with Gasteiger partial charge in [0.25, 0.3) is 0 Å². The molecule has 0 aliphatic carbocycles. The Hall–Kier alpha value is -3.60. The van der Waals surface area contributed by atoms with Crippen molar-refractivity contribution in [2.45, 2.75) is 25.9 Å². The minimum absolute atomic E-state index is 0.337. The summed E-state index contributed by atoms with van der Waals surface area (Å²) >= 11 is 8.05. The number of nitrogen functional groups attached to an aromatic ring is 1. The van der Waals surface area contributed by atoms with Gasteiger partial charge in [-0.1, -0.05) is 17.7 Å². The average molecular weight is 521 g/mol. The number of hydrogen-bond acceptors (Lipinski definition) is 9. The zero-order chi connectivity index (χ0) is 25.4. The van der Waals surface area contributed by atoms with E-state index in [9.17, 15) is 5.11 Å². The number of fused-ring (bicyclic) bond motifs is 1. The summed E-state index contributed by atoms with van der Waals surface area (Å²) in [6.45, 7) is 3.93. The second-order valence-corrected chi connectivity index (χ2v) is 10.2. The van der Waals surface area contributed by atoms with Gasteiger partial charge in [-0.05, 0) is 44.2 Å². The lowest BCUT2D eigenvalue weighted by atomic mass is 10.1. The quantitative estimate of drug-likeness (QED) is 0.282. The van der Waals surface area contributed by atoms with Gasteiger partial charge < -0.3 is 16.2 Å². The average Bonchev–Trinajstić information content (AvgIpc) is 3.49. The van der Waals surface area contributed by atoms with Crippen molar-refractivity contribution in [2.75, 3.05) is 17.6 Å². The van der Waals surface area contributed by atoms with Gasteiger partial charge in [0, 0.05) is 31.8 Å². The van der Waals surface area contributed by atoms with Crippen LogP contribution in [-0.4, -0.2) is 41.4 Å². The van der Waals surface area contributed by atoms with Gasteiger partial charge in [0.05, 0.1) is 37.8 Å². The van der Waals surface area contributed by atoms with Crippen LogP contribution in [0.1, 0.15) is 25.2 Å². The molecule has 0 atom stereocenters. The van der Waals surface area contributed by atoms with Crippen molar-refractivity contribution in [3.05, 3.63) is 64.5 Å². The highest BCUT2D eigenvalue weighted by Crippen LogP contribution is 2.35. The topological polar surface area (TPSA) is 128 Å². The number of thiazole rings is 1. The van der Waals surface area contributed by atoms with Gasteiger partial charge in [-0.15, -0.1) is 11.3 Å². The number of nitrogens with one attached hydrogen (secondary N) is 1. The molecule has 0 spiro atoms. The largest absolute Gasteiger partial charge is 0.384 e. The van der Waals surface area contributed by atoms with E-state index in [0.29, 0.717) is 58.1 Å². The molecule has 1 aromatic carbocycles. The van der Waals surface area contributed by atoms with Crippen LogP contribution in [0.3, 0.4) is 0 Å². The molecule has 5 rings (SSSR count). The summed E-state index contributed by atoms with van der Waals surface area (Å²) in [6.07, 6.45) is 2.36. The molecule has 184 valence electrons. The van der Waals surface area contributed by atoms with E-state index in [1.807, 2.05) is 43.6 Å². The number of nitrogens with two attached hydrogens (primary N) is 1. The van der Waals surface area contributed by atoms with E-state index in [0.717, 1.165) is 15.8 Å². The van der Waals surface area contributed by atoms with Gasteiger partial charge in [0.1, 0.15) is 28.6 Å². The highest BCUT2D eigenvalue weighted by molar-refractivity contribution is 7.16. The maximum atomic E-state index is 10.2. The smallest absolute Gasteiger partial charge is 0.146 e. The first-order chi connectivity index (χ1) is 17.2. The Labute approximate surface area is 217 Å². The van der Waals surface area contributed by atoms with Crippen LogP contribution < -0.4 is 11.1 Å². The van der Waals surface area contributed by atoms with E-state index in [2.05, 4.69) is 20.4 Å². The van der Waals surface area contributed by atoms with Crippen molar-refractivity contribution in [3.8, 4) is 22.6 Å². The van der Waals surface area contributed by atoms with Gasteiger partial charge in [-0.25, -0.2) is 19.9 Å². The number of aryl methyl sites for hydroxylation is 1. The number of halogens is 1. The summed E-state index contributed by atoms with van der Waals surface area (Å²) in [5.74, 6) is 0.998. The second-order valence-electron chi connectivity index (χ2n) is 8.93. The first kappa shape index (κ1) is 24.1. The number of rotatable bonds is 7. The minimum atomic E-state index is -1.02. The Kier molecular flexibility index (Phi) is 6.33. The van der Waals surface area contributed by atoms with Gasteiger partial charge >= 0.3 is 0 Å². The molecular formula is C25H25ClN8OS. The maximum Gasteiger partial charge on any atom is 0.146 e. The van der Waals surface area contributed by atoms with Crippen molar-refractivity contribution in [2.24, 2.45) is 7.05 Å². The van der Waals surface area contributed by atoms with Gasteiger partial charge in [-0.3, -0.25) is 4.68 Å². The van der Waals surface area contributed by atoms with Crippen molar-refractivity contribution in [1.29, 1.82) is 0 Å². The third-order valence-corrected chi connectivity index (χ3v) is 6.73. The van der Waals surface area contributed by atoms with Crippen molar-refractivity contribution in [1.82, 2.24) is 29.7 Å². The monoisotopic (exact) mass is 520 g/mol. The van der Waals surface area contributed by atoms with Crippen LogP contribution >= 0.6 is 22.9 Å². The molecule has 0 saturated carbocycles. The predicted molar refractivity (Wildman–Crippen MR) is 144 cm³/mol. The predicted octanol–water partition coefficient (Wildman–Crippen LogP) is 4.67. The number of benzene rings is 1. The molecule has 36 heavy (non-hydrogen) atoms. The van der Waals surface area contributed by atoms with E-state index < -0.39 is 5.60 Å². The van der Waals surface area contributed by atoms with E-state index in [1.165, 1.54) is 11.3 Å². The summed E-state index contributed by atoms with van der Waals surface area (Å²) in [7, 11) is 1.85. The van der Waals surface area contributed by atoms with Crippen LogP contribution in [0, 0.1) is 0 Å². The fraction of sp³-hybridized carbons (Fsp3) is 0.240. The first-order valence-electron chi connectivity index (χ1n) is 11.3. The highest BCUT2D eigenvalue weighted by atomic mass is 35.5. The standard InChI is InChI=1S/C25H25ClN8OS/c1-25(2,35)19-5-4-6-20(31-19)28-9-7-17-24(27)32-23(16-8-10-34(3)33-16)21(30-17)14-11-15(26)22-18(12-14)36-13-29-22/h4-6,8,10-13,35H,7,9H2,1-3H3,(H2,27,32)(H,28,31). The normalized spacial score (nSPS) is 11.8. The number of aromatic nitrogens is 6. The van der Waals surface area contributed by atoms with E-state index in [4.69, 9.17) is 27.3 Å². The van der Waals surface area contributed by atoms with Gasteiger partial charge in [0.2, 0.25) is 0 Å². The first-order valence-corrected chi connectivity index (χ1v) is 12.6. The number of nitrogens with zero attached hydrogens (tertiary/aromatic N) is 6. The minimum Gasteiger partial charge on any atom is -0.384 e. The molecule has 5 aromatic rings. The summed E-state index contributed by atoms with van der Waals surface area (Å²) in [5, 5.41) is 18.6. The van der Waals surface area contributed by atoms with Crippen LogP contribution in [0.4, 0.5) is 11.6 Å². The zero-order valence-corrected chi connectivity index (χ0v) is 21.6. The molecule has 0 radical (unpaired) electrons. The lowest BCUT2D eigenvalue weighted by Gasteiger charge is -2.17. The Morgan fingerprint density at radius 1 is 1.14 bits per heavy atom. The molecule has 0 unspecified atom stereocenters. The van der Waals surface area contributed by atoms with Crippen molar-refractivity contribution >= 4 is 44.8 Å². The molecule has 11 heteroatoms. The van der Waals surface area contributed by atoms with Gasteiger partial charge in [0.15, 0.2) is 0 Å². The number of anilines is 2. The summed E-state index contributed by atoms with van der Waals surface area (Å²) in [4.78, 5) is 18.5. The number of pyridine rings is 1. The molecule has 0 amide bonds. The summed E-state index contributed by atoms with van der Waals surface area (Å²) in [6, 6.07) is 11.2. The molecular weight excluding hydrogens is 496 g/mol. The Morgan fingerprint density at radius 2 is 1.97 bits per heavy atom. The molecule has 4 heterocycles. The van der Waals surface area contributed by atoms with Crippen LogP contribution in [0.5, 0.6) is 0 Å². The lowest BCUT2D eigenvalue weighted by molar-refractivity contribution is 0.0740. The summed E-state index contributed by atoms with van der Waals surface area (Å²) in [5.41, 5.74) is 11.8. The third kappa shape index (κ3) is 4.88. The third-order valence-electron chi connectivity index (χ3n) is 5.66. The van der Waals surface area contributed by atoms with E-state index >= 15 is 0 Å². The Bertz CT molecular complexity index is 1560. The SMILES string of the molecule is Cn1ccc(-c2nc(N)c(CCNc3cccc(C(C)(C)O)n3)nc2-c2cc(Cl)c3ncsc3c2)n1.